The van der Waals surface area contributed by atoms with E-state index in [1.165, 1.54) is 0 Å². The zero-order chi connectivity index (χ0) is 22.8. The highest BCUT2D eigenvalue weighted by molar-refractivity contribution is 6.05. The van der Waals surface area contributed by atoms with Gasteiger partial charge in [0.25, 0.3) is 5.91 Å². The molecule has 3 aromatic rings. The van der Waals surface area contributed by atoms with Gasteiger partial charge in [0.2, 0.25) is 0 Å². The molecule has 0 spiro atoms. The largest absolute Gasteiger partial charge is 0.381 e. The first kappa shape index (κ1) is 21.7. The van der Waals surface area contributed by atoms with E-state index in [9.17, 15) is 4.79 Å². The molecular formula is C25H30N6O2. The summed E-state index contributed by atoms with van der Waals surface area (Å²) >= 11 is 0. The summed E-state index contributed by atoms with van der Waals surface area (Å²) in [4.78, 5) is 28.8. The van der Waals surface area contributed by atoms with Crippen molar-refractivity contribution in [2.75, 3.05) is 36.5 Å². The molecule has 0 bridgehead atoms. The number of fused-ring (bicyclic) bond motifs is 1. The van der Waals surface area contributed by atoms with E-state index < -0.39 is 0 Å². The number of nitrogens with one attached hydrogen (secondary N) is 1. The summed E-state index contributed by atoms with van der Waals surface area (Å²) in [5.41, 5.74) is 10.9. The van der Waals surface area contributed by atoms with Gasteiger partial charge in [-0.25, -0.2) is 4.98 Å². The first-order chi connectivity index (χ1) is 16.1. The molecule has 2 saturated heterocycles. The quantitative estimate of drug-likeness (QED) is 0.633. The monoisotopic (exact) mass is 446 g/mol. The molecule has 8 heteroatoms. The molecule has 2 unspecified atom stereocenters. The number of nitrogens with two attached hydrogens (primary N) is 1. The molecule has 0 saturated carbocycles. The number of carbonyl (C=O) groups is 1. The fourth-order valence-electron chi connectivity index (χ4n) is 4.94. The molecule has 2 aliphatic heterocycles. The number of aromatic nitrogens is 3. The third-order valence-corrected chi connectivity index (χ3v) is 6.56. The summed E-state index contributed by atoms with van der Waals surface area (Å²) < 4.78 is 5.48. The Balaban J connectivity index is 1.38. The van der Waals surface area contributed by atoms with Crippen LogP contribution in [0.15, 0.2) is 42.9 Å². The second-order valence-electron chi connectivity index (χ2n) is 9.24. The van der Waals surface area contributed by atoms with E-state index in [0.29, 0.717) is 23.2 Å². The van der Waals surface area contributed by atoms with Gasteiger partial charge in [0.1, 0.15) is 5.69 Å². The number of piperidine rings is 1. The number of anilines is 2. The topological polar surface area (TPSA) is 106 Å². The lowest BCUT2D eigenvalue weighted by Crippen LogP contribution is -2.46. The van der Waals surface area contributed by atoms with Gasteiger partial charge in [0.15, 0.2) is 0 Å². The summed E-state index contributed by atoms with van der Waals surface area (Å²) in [6.07, 6.45) is 8.32. The van der Waals surface area contributed by atoms with Crippen LogP contribution in [0.1, 0.15) is 48.2 Å². The van der Waals surface area contributed by atoms with Gasteiger partial charge >= 0.3 is 0 Å². The summed E-state index contributed by atoms with van der Waals surface area (Å²) in [5, 5.41) is 3.01. The minimum absolute atomic E-state index is 0.116. The number of nitrogens with zero attached hydrogens (tertiary/aromatic N) is 4. The molecule has 172 valence electrons. The molecule has 0 aliphatic carbocycles. The molecular weight excluding hydrogens is 416 g/mol. The van der Waals surface area contributed by atoms with E-state index in [0.717, 1.165) is 67.8 Å². The number of pyridine rings is 3. The average molecular weight is 447 g/mol. The normalized spacial score (nSPS) is 21.8. The van der Waals surface area contributed by atoms with E-state index in [1.807, 2.05) is 18.3 Å². The van der Waals surface area contributed by atoms with Crippen molar-refractivity contribution in [3.05, 3.63) is 54.1 Å². The molecule has 5 rings (SSSR count). The lowest BCUT2D eigenvalue weighted by molar-refractivity contribution is 0.0853. The summed E-state index contributed by atoms with van der Waals surface area (Å²) in [5.74, 6) is 0.646. The Labute approximate surface area is 193 Å². The molecule has 2 fully saturated rings. The summed E-state index contributed by atoms with van der Waals surface area (Å²) in [6, 6.07) is 7.66. The molecule has 8 nitrogen and oxygen atoms in total. The van der Waals surface area contributed by atoms with Crippen LogP contribution in [-0.2, 0) is 4.74 Å². The predicted octanol–water partition coefficient (Wildman–Crippen LogP) is 3.34. The number of carbonyl (C=O) groups excluding carboxylic acids is 1. The highest BCUT2D eigenvalue weighted by atomic mass is 16.5. The van der Waals surface area contributed by atoms with Crippen LogP contribution < -0.4 is 16.0 Å². The van der Waals surface area contributed by atoms with Crippen molar-refractivity contribution in [2.24, 2.45) is 11.7 Å². The second-order valence-corrected chi connectivity index (χ2v) is 9.24. The third kappa shape index (κ3) is 4.82. The zero-order valence-electron chi connectivity index (χ0n) is 18.9. The molecule has 3 N–H and O–H groups in total. The SMILES string of the molecule is CC1CC(N)CN(c2ccncc2NC(=O)c2ccc3ncc(C4CCOCC4)cc3n2)C1. The van der Waals surface area contributed by atoms with Gasteiger partial charge < -0.3 is 20.7 Å². The van der Waals surface area contributed by atoms with Gasteiger partial charge in [-0.1, -0.05) is 6.92 Å². The van der Waals surface area contributed by atoms with Gasteiger partial charge in [-0.3, -0.25) is 14.8 Å². The van der Waals surface area contributed by atoms with Crippen LogP contribution in [0, 0.1) is 5.92 Å². The molecule has 5 heterocycles. The summed E-state index contributed by atoms with van der Waals surface area (Å²) in [7, 11) is 0. The fourth-order valence-corrected chi connectivity index (χ4v) is 4.94. The first-order valence-electron chi connectivity index (χ1n) is 11.7. The average Bonchev–Trinajstić information content (AvgIpc) is 2.83. The van der Waals surface area contributed by atoms with Crippen LogP contribution in [0.25, 0.3) is 11.0 Å². The third-order valence-electron chi connectivity index (χ3n) is 6.56. The van der Waals surface area contributed by atoms with Crippen molar-refractivity contribution in [1.29, 1.82) is 0 Å². The fraction of sp³-hybridized carbons (Fsp3) is 0.440. The Morgan fingerprint density at radius 2 is 2.00 bits per heavy atom. The Morgan fingerprint density at radius 1 is 1.15 bits per heavy atom. The van der Waals surface area contributed by atoms with Gasteiger partial charge in [-0.2, -0.15) is 0 Å². The lowest BCUT2D eigenvalue weighted by Gasteiger charge is -2.37. The maximum atomic E-state index is 13.1. The molecule has 0 radical (unpaired) electrons. The molecule has 3 aromatic heterocycles. The van der Waals surface area contributed by atoms with Gasteiger partial charge in [0.05, 0.1) is 28.6 Å². The van der Waals surface area contributed by atoms with E-state index in [4.69, 9.17) is 10.5 Å². The number of ether oxygens (including phenoxy) is 1. The van der Waals surface area contributed by atoms with E-state index >= 15 is 0 Å². The standard InChI is InChI=1S/C25H30N6O2/c1-16-10-19(26)15-31(14-16)24-4-7-27-13-23(24)30-25(32)21-3-2-20-22(29-21)11-18(12-28-20)17-5-8-33-9-6-17/h2-4,7,11-13,16-17,19H,5-6,8-10,14-15,26H2,1H3,(H,30,32). The lowest BCUT2D eigenvalue weighted by atomic mass is 9.93. The minimum atomic E-state index is -0.267. The van der Waals surface area contributed by atoms with Crippen LogP contribution in [0.4, 0.5) is 11.4 Å². The van der Waals surface area contributed by atoms with Crippen LogP contribution in [0.5, 0.6) is 0 Å². The maximum Gasteiger partial charge on any atom is 0.274 e. The molecule has 0 aromatic carbocycles. The number of amides is 1. The number of hydrogen-bond acceptors (Lipinski definition) is 7. The van der Waals surface area contributed by atoms with Gasteiger partial charge in [0, 0.05) is 44.7 Å². The van der Waals surface area contributed by atoms with Gasteiger partial charge in [-0.15, -0.1) is 0 Å². The Bertz CT molecular complexity index is 1140. The molecule has 1 amide bonds. The van der Waals surface area contributed by atoms with Crippen molar-refractivity contribution in [2.45, 2.75) is 38.1 Å². The molecule has 2 aliphatic rings. The Hall–Kier alpha value is -3.10. The van der Waals surface area contributed by atoms with Crippen molar-refractivity contribution < 1.29 is 9.53 Å². The first-order valence-corrected chi connectivity index (χ1v) is 11.7. The van der Waals surface area contributed by atoms with E-state index in [2.05, 4.69) is 38.2 Å². The minimum Gasteiger partial charge on any atom is -0.381 e. The highest BCUT2D eigenvalue weighted by Crippen LogP contribution is 2.30. The van der Waals surface area contributed by atoms with Crippen molar-refractivity contribution >= 4 is 28.3 Å². The molecule has 33 heavy (non-hydrogen) atoms. The van der Waals surface area contributed by atoms with Crippen LogP contribution in [0.2, 0.25) is 0 Å². The zero-order valence-corrected chi connectivity index (χ0v) is 18.9. The molecule has 2 atom stereocenters. The van der Waals surface area contributed by atoms with Crippen molar-refractivity contribution in [3.63, 3.8) is 0 Å². The van der Waals surface area contributed by atoms with Crippen LogP contribution in [-0.4, -0.2) is 53.2 Å². The number of hydrogen-bond donors (Lipinski definition) is 2. The van der Waals surface area contributed by atoms with Crippen LogP contribution >= 0.6 is 0 Å². The smallest absolute Gasteiger partial charge is 0.274 e. The van der Waals surface area contributed by atoms with Crippen molar-refractivity contribution in [3.8, 4) is 0 Å². The highest BCUT2D eigenvalue weighted by Gasteiger charge is 2.25. The van der Waals surface area contributed by atoms with Crippen LogP contribution in [0.3, 0.4) is 0 Å². The Morgan fingerprint density at radius 3 is 2.82 bits per heavy atom. The summed E-state index contributed by atoms with van der Waals surface area (Å²) in [6.45, 7) is 5.40. The predicted molar refractivity (Wildman–Crippen MR) is 128 cm³/mol. The van der Waals surface area contributed by atoms with E-state index in [1.54, 1.807) is 18.5 Å². The van der Waals surface area contributed by atoms with E-state index in [-0.39, 0.29) is 11.9 Å². The Kier molecular flexibility index (Phi) is 6.20. The van der Waals surface area contributed by atoms with Crippen molar-refractivity contribution in [1.82, 2.24) is 15.0 Å². The second kappa shape index (κ2) is 9.41. The van der Waals surface area contributed by atoms with Gasteiger partial charge in [-0.05, 0) is 60.9 Å². The maximum absolute atomic E-state index is 13.1. The number of rotatable bonds is 4.